The quantitative estimate of drug-likeness (QED) is 0.589. The van der Waals surface area contributed by atoms with E-state index >= 15 is 0 Å². The Hall–Kier alpha value is -3.09. The van der Waals surface area contributed by atoms with E-state index in [0.717, 1.165) is 33.5 Å². The van der Waals surface area contributed by atoms with Crippen LogP contribution in [0.4, 0.5) is 0 Å². The van der Waals surface area contributed by atoms with Crippen LogP contribution in [0.2, 0.25) is 0 Å². The Bertz CT molecular complexity index is 1070. The maximum absolute atomic E-state index is 11.4. The van der Waals surface area contributed by atoms with E-state index in [9.17, 15) is 20.1 Å². The van der Waals surface area contributed by atoms with Crippen molar-refractivity contribution in [1.82, 2.24) is 5.06 Å². The summed E-state index contributed by atoms with van der Waals surface area (Å²) < 4.78 is 0. The number of benzene rings is 2. The van der Waals surface area contributed by atoms with Gasteiger partial charge < -0.3 is 20.2 Å². The number of aliphatic carboxylic acids is 1. The molecule has 0 atom stereocenters. The van der Waals surface area contributed by atoms with Crippen molar-refractivity contribution in [2.45, 2.75) is 46.7 Å². The van der Waals surface area contributed by atoms with Crippen molar-refractivity contribution < 1.29 is 25.0 Å². The molecule has 3 rings (SSSR count). The molecule has 2 aromatic rings. The largest absolute Gasteiger partial charge is 0.511 e. The molecule has 0 spiro atoms. The van der Waals surface area contributed by atoms with Crippen LogP contribution in [0.5, 0.6) is 5.75 Å². The molecule has 6 heteroatoms. The third kappa shape index (κ3) is 6.20. The first-order valence-electron chi connectivity index (χ1n) is 10.5. The third-order valence-electron chi connectivity index (χ3n) is 5.01. The fourth-order valence-corrected chi connectivity index (χ4v) is 3.39. The molecule has 0 radical (unpaired) electrons. The summed E-state index contributed by atoms with van der Waals surface area (Å²) in [6, 6.07) is 11.3. The highest BCUT2D eigenvalue weighted by Crippen LogP contribution is 2.20. The van der Waals surface area contributed by atoms with Gasteiger partial charge in [0.15, 0.2) is 0 Å². The van der Waals surface area contributed by atoms with Crippen molar-refractivity contribution in [3.63, 3.8) is 0 Å². The predicted octanol–water partition coefficient (Wildman–Crippen LogP) is 3.41. The summed E-state index contributed by atoms with van der Waals surface area (Å²) in [7, 11) is 1.60. The van der Waals surface area contributed by atoms with E-state index in [4.69, 9.17) is 4.84 Å². The van der Waals surface area contributed by atoms with Gasteiger partial charge in [-0.05, 0) is 51.8 Å². The molecule has 0 amide bonds. The summed E-state index contributed by atoms with van der Waals surface area (Å²) in [6.45, 7) is 7.03. The zero-order valence-corrected chi connectivity index (χ0v) is 18.6. The number of phenolic OH excluding ortho intramolecular Hbond substituents is 1. The van der Waals surface area contributed by atoms with Gasteiger partial charge in [-0.15, -0.1) is 0 Å². The topological polar surface area (TPSA) is 90.2 Å². The number of hydrogen-bond acceptors (Lipinski definition) is 5. The Labute approximate surface area is 183 Å². The predicted molar refractivity (Wildman–Crippen MR) is 122 cm³/mol. The van der Waals surface area contributed by atoms with Crippen molar-refractivity contribution >= 4 is 18.1 Å². The minimum atomic E-state index is -1.15. The standard InChI is InChI=1S/C23H25NO5.C2H6/c1-3-17-10-16(5-8-21(17)25)14-24(29-2)13-15-4-6-18-7-9-22(26)20(23(27)28)12-19(18)11-15;1-2/h4-8,10-12,25-26H,3,9,13-14H2,1-2H3,(H,27,28);1-2H3. The summed E-state index contributed by atoms with van der Waals surface area (Å²) in [5.41, 5.74) is 2.78. The molecule has 0 aromatic heterocycles. The van der Waals surface area contributed by atoms with E-state index in [1.165, 1.54) is 6.08 Å². The fourth-order valence-electron chi connectivity index (χ4n) is 3.39. The number of rotatable bonds is 7. The molecule has 0 heterocycles. The normalized spacial score (nSPS) is 12.8. The molecule has 0 fully saturated rings. The maximum Gasteiger partial charge on any atom is 0.339 e. The summed E-state index contributed by atoms with van der Waals surface area (Å²) in [6.07, 6.45) is 4.26. The second-order valence-electron chi connectivity index (χ2n) is 6.98. The second kappa shape index (κ2) is 11.3. The number of hydroxylamine groups is 2. The first-order chi connectivity index (χ1) is 14.9. The summed E-state index contributed by atoms with van der Waals surface area (Å²) in [4.78, 5) is 16.9. The highest BCUT2D eigenvalue weighted by Gasteiger charge is 2.13. The Balaban J connectivity index is 0.00000166. The molecule has 2 aromatic carbocycles. The van der Waals surface area contributed by atoms with E-state index in [1.807, 2.05) is 57.2 Å². The number of carboxylic acids is 1. The molecule has 6 nitrogen and oxygen atoms in total. The van der Waals surface area contributed by atoms with Crippen LogP contribution < -0.4 is 10.4 Å². The molecular weight excluding hydrogens is 394 g/mol. The molecule has 1 aliphatic carbocycles. The number of aliphatic hydroxyl groups excluding tert-OH is 1. The molecular formula is C25H31NO5. The lowest BCUT2D eigenvalue weighted by molar-refractivity contribution is -0.146. The highest BCUT2D eigenvalue weighted by atomic mass is 16.7. The average Bonchev–Trinajstić information content (AvgIpc) is 2.94. The van der Waals surface area contributed by atoms with Gasteiger partial charge in [-0.1, -0.05) is 51.1 Å². The fraction of sp³-hybridized carbons (Fsp3) is 0.320. The van der Waals surface area contributed by atoms with Gasteiger partial charge in [-0.3, -0.25) is 0 Å². The van der Waals surface area contributed by atoms with Gasteiger partial charge in [0.25, 0.3) is 0 Å². The van der Waals surface area contributed by atoms with E-state index < -0.39 is 5.97 Å². The molecule has 0 aliphatic heterocycles. The Morgan fingerprint density at radius 2 is 1.68 bits per heavy atom. The summed E-state index contributed by atoms with van der Waals surface area (Å²) in [5.74, 6) is -0.997. The maximum atomic E-state index is 11.4. The lowest BCUT2D eigenvalue weighted by atomic mass is 10.1. The van der Waals surface area contributed by atoms with Crippen molar-refractivity contribution in [2.75, 3.05) is 7.11 Å². The molecule has 3 N–H and O–H groups in total. The van der Waals surface area contributed by atoms with Crippen molar-refractivity contribution in [3.05, 3.63) is 74.9 Å². The Kier molecular flexibility index (Phi) is 8.85. The van der Waals surface area contributed by atoms with Crippen LogP contribution in [0.15, 0.2) is 47.7 Å². The van der Waals surface area contributed by atoms with E-state index in [-0.39, 0.29) is 17.8 Å². The molecule has 0 bridgehead atoms. The molecule has 31 heavy (non-hydrogen) atoms. The molecule has 0 saturated heterocycles. The number of aliphatic hydroxyl groups is 1. The molecule has 0 saturated carbocycles. The zero-order chi connectivity index (χ0) is 23.0. The zero-order valence-electron chi connectivity index (χ0n) is 18.6. The average molecular weight is 426 g/mol. The number of hydrogen-bond donors (Lipinski definition) is 3. The number of phenols is 1. The smallest absolute Gasteiger partial charge is 0.339 e. The van der Waals surface area contributed by atoms with Crippen molar-refractivity contribution in [2.24, 2.45) is 0 Å². The number of nitrogens with zero attached hydrogens (tertiary/aromatic N) is 1. The number of fused-ring (bicyclic) bond motifs is 1. The SMILES string of the molecule is CC.CCc1cc(CN(Cc2ccc3c(c2)=CC(C(=O)O)=C(O)CC=3)OC)ccc1O. The summed E-state index contributed by atoms with van der Waals surface area (Å²) >= 11 is 0. The van der Waals surface area contributed by atoms with Crippen LogP contribution in [0, 0.1) is 0 Å². The Morgan fingerprint density at radius 3 is 2.29 bits per heavy atom. The van der Waals surface area contributed by atoms with Crippen molar-refractivity contribution in [1.29, 1.82) is 0 Å². The number of allylic oxidation sites excluding steroid dienone is 1. The van der Waals surface area contributed by atoms with Crippen LogP contribution in [-0.4, -0.2) is 33.5 Å². The molecule has 166 valence electrons. The highest BCUT2D eigenvalue weighted by molar-refractivity contribution is 5.97. The lowest BCUT2D eigenvalue weighted by Gasteiger charge is -2.20. The van der Waals surface area contributed by atoms with Gasteiger partial charge in [0.05, 0.1) is 12.7 Å². The van der Waals surface area contributed by atoms with E-state index in [0.29, 0.717) is 18.8 Å². The van der Waals surface area contributed by atoms with Crippen LogP contribution in [0.3, 0.4) is 0 Å². The number of aryl methyl sites for hydroxylation is 1. The minimum Gasteiger partial charge on any atom is -0.511 e. The third-order valence-corrected chi connectivity index (χ3v) is 5.01. The van der Waals surface area contributed by atoms with Crippen LogP contribution >= 0.6 is 0 Å². The van der Waals surface area contributed by atoms with Crippen LogP contribution in [0.25, 0.3) is 12.2 Å². The second-order valence-corrected chi connectivity index (χ2v) is 6.98. The summed E-state index contributed by atoms with van der Waals surface area (Å²) in [5, 5.41) is 32.6. The first-order valence-corrected chi connectivity index (χ1v) is 10.5. The number of aromatic hydroxyl groups is 1. The van der Waals surface area contributed by atoms with Gasteiger partial charge >= 0.3 is 5.97 Å². The van der Waals surface area contributed by atoms with Crippen molar-refractivity contribution in [3.8, 4) is 5.75 Å². The number of carbonyl (C=O) groups is 1. The van der Waals surface area contributed by atoms with Gasteiger partial charge in [-0.2, -0.15) is 5.06 Å². The van der Waals surface area contributed by atoms with Gasteiger partial charge in [0.1, 0.15) is 11.5 Å². The molecule has 0 unspecified atom stereocenters. The van der Waals surface area contributed by atoms with Gasteiger partial charge in [-0.25, -0.2) is 4.79 Å². The lowest BCUT2D eigenvalue weighted by Crippen LogP contribution is -2.27. The number of carboxylic acid groups (broad SMARTS) is 1. The van der Waals surface area contributed by atoms with Gasteiger partial charge in [0.2, 0.25) is 0 Å². The van der Waals surface area contributed by atoms with E-state index in [1.54, 1.807) is 18.2 Å². The molecule has 1 aliphatic rings. The monoisotopic (exact) mass is 425 g/mol. The van der Waals surface area contributed by atoms with E-state index in [2.05, 4.69) is 0 Å². The first kappa shape index (κ1) is 24.2. The van der Waals surface area contributed by atoms with Crippen LogP contribution in [-0.2, 0) is 29.1 Å². The van der Waals surface area contributed by atoms with Crippen LogP contribution in [0.1, 0.15) is 43.9 Å². The Morgan fingerprint density at radius 1 is 1.03 bits per heavy atom. The minimum absolute atomic E-state index is 0.0862. The van der Waals surface area contributed by atoms with Gasteiger partial charge in [0, 0.05) is 19.5 Å².